The third-order valence-electron chi connectivity index (χ3n) is 4.92. The number of anilines is 2. The molecule has 0 fully saturated rings. The number of nitrogens with two attached hydrogens (primary N) is 2. The molecule has 0 bridgehead atoms. The molecule has 16 nitrogen and oxygen atoms in total. The minimum absolute atomic E-state index is 0. The summed E-state index contributed by atoms with van der Waals surface area (Å²) in [5.74, 6) is 1.41. The Morgan fingerprint density at radius 1 is 0.750 bits per heavy atom. The van der Waals surface area contributed by atoms with Crippen LogP contribution < -0.4 is 11.5 Å². The molecule has 0 aliphatic carbocycles. The first-order valence-corrected chi connectivity index (χ1v) is 10.2. The van der Waals surface area contributed by atoms with E-state index in [1.807, 2.05) is 0 Å². The van der Waals surface area contributed by atoms with Crippen molar-refractivity contribution in [3.63, 3.8) is 0 Å². The number of hydrogen-bond donors (Lipinski definition) is 2. The van der Waals surface area contributed by atoms with Gasteiger partial charge in [0, 0.05) is 124 Å². The molecule has 0 unspecified atom stereocenters. The van der Waals surface area contributed by atoms with E-state index in [1.165, 1.54) is 24.9 Å². The standard InChI is InChI=1S/C10H12N7O.C10H11N7O.3W.Y/c2*1-6-8(9(11)16(2)15-6)13-14-10-7(5-18)4-12-17(10)3;;;;/h4H,11H2,1-3H3;11H2,1-3H3;;;;/q-1;-2;;;;. The van der Waals surface area contributed by atoms with E-state index >= 15 is 0 Å². The Morgan fingerprint density at radius 3 is 1.62 bits per heavy atom. The van der Waals surface area contributed by atoms with Crippen molar-refractivity contribution in [2.45, 2.75) is 13.8 Å². The second-order valence-corrected chi connectivity index (χ2v) is 7.43. The van der Waals surface area contributed by atoms with Gasteiger partial charge in [-0.2, -0.15) is 25.5 Å². The minimum Gasteiger partial charge on any atom is -0.462 e. The molecule has 4 aromatic rings. The van der Waals surface area contributed by atoms with Crippen molar-refractivity contribution in [3.8, 4) is 0 Å². The first-order valence-electron chi connectivity index (χ1n) is 10.2. The number of aryl methyl sites for hydroxylation is 6. The van der Waals surface area contributed by atoms with Crippen molar-refractivity contribution in [2.75, 3.05) is 11.5 Å². The number of rotatable bonds is 6. The van der Waals surface area contributed by atoms with Crippen molar-refractivity contribution in [2.24, 2.45) is 48.6 Å². The van der Waals surface area contributed by atoms with Gasteiger partial charge in [-0.3, -0.25) is 25.1 Å². The molecule has 20 heteroatoms. The zero-order chi connectivity index (χ0) is 26.6. The number of azo groups is 2. The summed E-state index contributed by atoms with van der Waals surface area (Å²) < 4.78 is 5.84. The normalized spacial score (nSPS) is 10.2. The maximum atomic E-state index is 10.7. The summed E-state index contributed by atoms with van der Waals surface area (Å²) in [6.07, 6.45) is 7.29. The molecule has 4 rings (SSSR count). The first-order chi connectivity index (χ1) is 17.1. The average molecular weight is 1130 g/mol. The fraction of sp³-hybridized carbons (Fsp3) is 0.300. The Morgan fingerprint density at radius 2 is 1.23 bits per heavy atom. The van der Waals surface area contributed by atoms with E-state index in [0.717, 1.165) is 0 Å². The number of carbonyl (C=O) groups excluding carboxylic acids is 2. The van der Waals surface area contributed by atoms with Crippen LogP contribution in [-0.4, -0.2) is 51.7 Å². The predicted octanol–water partition coefficient (Wildman–Crippen LogP) is 1.63. The van der Waals surface area contributed by atoms with E-state index in [1.54, 1.807) is 54.6 Å². The van der Waals surface area contributed by atoms with Gasteiger partial charge in [0.2, 0.25) is 0 Å². The van der Waals surface area contributed by atoms with E-state index in [9.17, 15) is 9.59 Å². The molecule has 0 aliphatic rings. The predicted molar refractivity (Wildman–Crippen MR) is 128 cm³/mol. The molecule has 0 aliphatic heterocycles. The van der Waals surface area contributed by atoms with Crippen LogP contribution in [0.1, 0.15) is 22.5 Å². The van der Waals surface area contributed by atoms with Gasteiger partial charge in [-0.1, -0.05) is 11.4 Å². The number of nitrogen functional groups attached to an aromatic ring is 2. The summed E-state index contributed by atoms with van der Waals surface area (Å²) in [6, 6.07) is 0. The van der Waals surface area contributed by atoms with Crippen LogP contribution in [-0.2, 0) is 134 Å². The zero-order valence-electron chi connectivity index (χ0n) is 22.2. The van der Waals surface area contributed by atoms with Crippen LogP contribution in [0.25, 0.3) is 0 Å². The topological polar surface area (TPSA) is 207 Å². The molecule has 40 heavy (non-hydrogen) atoms. The van der Waals surface area contributed by atoms with Gasteiger partial charge < -0.3 is 35.5 Å². The molecule has 0 aromatic carbocycles. The van der Waals surface area contributed by atoms with Crippen molar-refractivity contribution >= 4 is 47.2 Å². The third-order valence-corrected chi connectivity index (χ3v) is 4.92. The largest absolute Gasteiger partial charge is 0.462 e. The van der Waals surface area contributed by atoms with Crippen LogP contribution in [0.5, 0.6) is 0 Å². The number of nitrogens with zero attached hydrogens (tertiary/aromatic N) is 12. The summed E-state index contributed by atoms with van der Waals surface area (Å²) in [5.41, 5.74) is 14.2. The van der Waals surface area contributed by atoms with Gasteiger partial charge in [0.25, 0.3) is 0 Å². The summed E-state index contributed by atoms with van der Waals surface area (Å²) in [4.78, 5) is 21.3. The van der Waals surface area contributed by atoms with Gasteiger partial charge in [0.1, 0.15) is 23.0 Å². The molecular weight excluding hydrogens is 1110 g/mol. The van der Waals surface area contributed by atoms with Crippen LogP contribution in [0.2, 0.25) is 0 Å². The van der Waals surface area contributed by atoms with E-state index in [2.05, 4.69) is 47.0 Å². The average Bonchev–Trinajstić information content (AvgIpc) is 3.53. The second kappa shape index (κ2) is 17.9. The molecule has 1 radical (unpaired) electrons. The minimum atomic E-state index is 0. The van der Waals surface area contributed by atoms with E-state index in [0.29, 0.717) is 40.2 Å². The van der Waals surface area contributed by atoms with Crippen LogP contribution in [0.4, 0.5) is 34.6 Å². The number of aromatic nitrogens is 8. The molecule has 0 amide bonds. The van der Waals surface area contributed by atoms with Crippen LogP contribution >= 0.6 is 0 Å². The molecule has 4 N–H and O–H groups in total. The Balaban J connectivity index is 0. The van der Waals surface area contributed by atoms with Gasteiger partial charge in [0.15, 0.2) is 0 Å². The fourth-order valence-corrected chi connectivity index (χ4v) is 2.96. The van der Waals surface area contributed by atoms with Gasteiger partial charge in [-0.25, -0.2) is 6.20 Å². The smallest absolute Gasteiger partial charge is 0.149 e. The molecule has 0 spiro atoms. The van der Waals surface area contributed by atoms with E-state index in [4.69, 9.17) is 11.5 Å². The van der Waals surface area contributed by atoms with E-state index < -0.39 is 0 Å². The molecule has 209 valence electrons. The molecule has 4 heterocycles. The zero-order valence-corrected chi connectivity index (χ0v) is 33.9. The monoisotopic (exact) mass is 1130 g/mol. The maximum Gasteiger partial charge on any atom is 0.149 e. The molecule has 0 saturated heterocycles. The van der Waals surface area contributed by atoms with Crippen LogP contribution in [0.15, 0.2) is 26.7 Å². The molecule has 4 aromatic heterocycles. The second-order valence-electron chi connectivity index (χ2n) is 7.43. The van der Waals surface area contributed by atoms with E-state index in [-0.39, 0.29) is 113 Å². The summed E-state index contributed by atoms with van der Waals surface area (Å²) >= 11 is 0. The van der Waals surface area contributed by atoms with Crippen molar-refractivity contribution < 1.29 is 105 Å². The molecule has 0 saturated carbocycles. The van der Waals surface area contributed by atoms with Gasteiger partial charge >= 0.3 is 0 Å². The summed E-state index contributed by atoms with van der Waals surface area (Å²) in [6.45, 7) is 3.55. The van der Waals surface area contributed by atoms with Crippen molar-refractivity contribution in [1.82, 2.24) is 39.1 Å². The third kappa shape index (κ3) is 9.08. The van der Waals surface area contributed by atoms with Gasteiger partial charge in [-0.05, 0) is 20.0 Å². The molecule has 0 atom stereocenters. The van der Waals surface area contributed by atoms with Gasteiger partial charge in [-0.15, -0.1) is 6.29 Å². The Hall–Kier alpha value is -1.85. The summed E-state index contributed by atoms with van der Waals surface area (Å²) in [5, 5.41) is 31.8. The van der Waals surface area contributed by atoms with Crippen LogP contribution in [0.3, 0.4) is 0 Å². The quantitative estimate of drug-likeness (QED) is 0.214. The fourth-order valence-electron chi connectivity index (χ4n) is 2.96. The summed E-state index contributed by atoms with van der Waals surface area (Å²) in [7, 11) is 6.72. The van der Waals surface area contributed by atoms with Crippen molar-refractivity contribution in [3.05, 3.63) is 34.9 Å². The Labute approximate surface area is 297 Å². The Kier molecular flexibility index (Phi) is 18.0. The maximum absolute atomic E-state index is 10.7. The number of hydrogen-bond acceptors (Lipinski definition) is 12. The molecular formula is C20H23N14O2W3Y-3. The Bertz CT molecular complexity index is 1380. The van der Waals surface area contributed by atoms with Crippen LogP contribution in [0, 0.1) is 20.0 Å². The van der Waals surface area contributed by atoms with Crippen molar-refractivity contribution in [1.29, 1.82) is 0 Å². The van der Waals surface area contributed by atoms with Gasteiger partial charge in [0.05, 0.1) is 23.5 Å². The first kappa shape index (κ1) is 40.3. The SMILES string of the molecule is Cc1nn(C)c(N)c1N=Nc1c([C-]=O)[c-]nn1C.Cc1nn(C)c(N)c1N=Nc1c([C-]=O)cnn1C.[W].[W].[W].[Y].